The molecule has 2 heterocycles. The van der Waals surface area contributed by atoms with Crippen LogP contribution in [0, 0.1) is 5.92 Å². The van der Waals surface area contributed by atoms with E-state index in [2.05, 4.69) is 15.2 Å². The number of nitrogens with zero attached hydrogens (tertiary/aromatic N) is 2. The monoisotopic (exact) mass is 381 g/mol. The summed E-state index contributed by atoms with van der Waals surface area (Å²) in [4.78, 5) is 19.4. The largest absolute Gasteiger partial charge is 0.497 e. The first-order valence-corrected chi connectivity index (χ1v) is 9.31. The fourth-order valence-electron chi connectivity index (χ4n) is 3.46. The lowest BCUT2D eigenvalue weighted by Crippen LogP contribution is -2.38. The molecule has 0 atom stereocenters. The number of rotatable bonds is 5. The van der Waals surface area contributed by atoms with Gasteiger partial charge in [0.25, 0.3) is 6.01 Å². The average molecular weight is 381 g/mol. The number of fused-ring (bicyclic) bond motifs is 1. The minimum atomic E-state index is -0.0626. The van der Waals surface area contributed by atoms with Crippen LogP contribution >= 0.6 is 0 Å². The van der Waals surface area contributed by atoms with Gasteiger partial charge in [0.2, 0.25) is 5.91 Å². The number of para-hydroxylation sites is 2. The Kier molecular flexibility index (Phi) is 5.06. The zero-order valence-electron chi connectivity index (χ0n) is 16.0. The van der Waals surface area contributed by atoms with Crippen LogP contribution in [0.15, 0.2) is 46.9 Å². The molecule has 1 amide bonds. The molecule has 1 aromatic heterocycles. The Labute approximate surface area is 163 Å². The Balaban J connectivity index is 1.39. The molecule has 2 aromatic carbocycles. The van der Waals surface area contributed by atoms with Gasteiger partial charge in [0.05, 0.1) is 19.9 Å². The third-order valence-electron chi connectivity index (χ3n) is 5.09. The number of amides is 1. The van der Waals surface area contributed by atoms with Gasteiger partial charge in [-0.05, 0) is 37.1 Å². The third-order valence-corrected chi connectivity index (χ3v) is 5.09. The molecular weight excluding hydrogens is 358 g/mol. The van der Waals surface area contributed by atoms with Crippen LogP contribution in [0.2, 0.25) is 0 Å². The Morgan fingerprint density at radius 1 is 1.14 bits per heavy atom. The van der Waals surface area contributed by atoms with Gasteiger partial charge in [-0.3, -0.25) is 4.79 Å². The van der Waals surface area contributed by atoms with Crippen molar-refractivity contribution in [1.82, 2.24) is 4.98 Å². The highest BCUT2D eigenvalue weighted by Crippen LogP contribution is 2.31. The summed E-state index contributed by atoms with van der Waals surface area (Å²) in [6, 6.07) is 13.7. The van der Waals surface area contributed by atoms with E-state index in [9.17, 15) is 4.79 Å². The Hall–Kier alpha value is -3.22. The SMILES string of the molecule is COc1ccc(NC(=O)C2CCN(c3nc4ccccc4o3)CC2)c(OC)c1. The number of methoxy groups -OCH3 is 2. The maximum Gasteiger partial charge on any atom is 0.298 e. The van der Waals surface area contributed by atoms with Crippen molar-refractivity contribution in [2.75, 3.05) is 37.5 Å². The summed E-state index contributed by atoms with van der Waals surface area (Å²) in [5.74, 6) is 1.20. The van der Waals surface area contributed by atoms with Crippen molar-refractivity contribution in [1.29, 1.82) is 0 Å². The summed E-state index contributed by atoms with van der Waals surface area (Å²) in [6.07, 6.45) is 1.48. The topological polar surface area (TPSA) is 76.8 Å². The van der Waals surface area contributed by atoms with E-state index in [1.807, 2.05) is 24.3 Å². The zero-order chi connectivity index (χ0) is 19.5. The van der Waals surface area contributed by atoms with Gasteiger partial charge < -0.3 is 24.1 Å². The number of benzene rings is 2. The highest BCUT2D eigenvalue weighted by Gasteiger charge is 2.27. The highest BCUT2D eigenvalue weighted by molar-refractivity contribution is 5.94. The first-order chi connectivity index (χ1) is 13.7. The van der Waals surface area contributed by atoms with Gasteiger partial charge in [0, 0.05) is 25.1 Å². The first-order valence-electron chi connectivity index (χ1n) is 9.31. The van der Waals surface area contributed by atoms with Crippen LogP contribution in [0.25, 0.3) is 11.1 Å². The summed E-state index contributed by atoms with van der Waals surface area (Å²) in [7, 11) is 3.17. The van der Waals surface area contributed by atoms with Crippen molar-refractivity contribution in [2.45, 2.75) is 12.8 Å². The van der Waals surface area contributed by atoms with Gasteiger partial charge in [-0.2, -0.15) is 4.98 Å². The van der Waals surface area contributed by atoms with Crippen LogP contribution in [-0.2, 0) is 4.79 Å². The molecule has 7 nitrogen and oxygen atoms in total. The maximum atomic E-state index is 12.7. The van der Waals surface area contributed by atoms with Crippen molar-refractivity contribution in [3.8, 4) is 11.5 Å². The standard InChI is InChI=1S/C21H23N3O4/c1-26-15-7-8-17(19(13-15)27-2)22-20(25)14-9-11-24(12-10-14)21-23-16-5-3-4-6-18(16)28-21/h3-8,13-14H,9-12H2,1-2H3,(H,22,25). The lowest BCUT2D eigenvalue weighted by atomic mass is 9.96. The van der Waals surface area contributed by atoms with E-state index in [0.29, 0.717) is 23.2 Å². The molecule has 0 saturated carbocycles. The van der Waals surface area contributed by atoms with Gasteiger partial charge >= 0.3 is 0 Å². The molecule has 146 valence electrons. The van der Waals surface area contributed by atoms with E-state index in [1.54, 1.807) is 32.4 Å². The molecule has 0 radical (unpaired) electrons. The van der Waals surface area contributed by atoms with Gasteiger partial charge in [-0.1, -0.05) is 12.1 Å². The number of carbonyl (C=O) groups is 1. The molecule has 7 heteroatoms. The van der Waals surface area contributed by atoms with Gasteiger partial charge in [0.15, 0.2) is 5.58 Å². The smallest absolute Gasteiger partial charge is 0.298 e. The minimum Gasteiger partial charge on any atom is -0.497 e. The van der Waals surface area contributed by atoms with Crippen molar-refractivity contribution < 1.29 is 18.7 Å². The van der Waals surface area contributed by atoms with Crippen LogP contribution < -0.4 is 19.7 Å². The van der Waals surface area contributed by atoms with Crippen LogP contribution in [0.4, 0.5) is 11.7 Å². The second-order valence-electron chi connectivity index (χ2n) is 6.78. The van der Waals surface area contributed by atoms with E-state index in [4.69, 9.17) is 13.9 Å². The number of ether oxygens (including phenoxy) is 2. The number of aromatic nitrogens is 1. The van der Waals surface area contributed by atoms with Gasteiger partial charge in [-0.15, -0.1) is 0 Å². The Morgan fingerprint density at radius 3 is 2.64 bits per heavy atom. The van der Waals surface area contributed by atoms with Crippen molar-refractivity contribution >= 4 is 28.7 Å². The molecule has 1 saturated heterocycles. The third kappa shape index (κ3) is 3.60. The molecule has 1 N–H and O–H groups in total. The normalized spacial score (nSPS) is 14.9. The number of piperidine rings is 1. The molecule has 28 heavy (non-hydrogen) atoms. The van der Waals surface area contributed by atoms with E-state index in [-0.39, 0.29) is 11.8 Å². The van der Waals surface area contributed by atoms with Crippen molar-refractivity contribution in [3.05, 3.63) is 42.5 Å². The fourth-order valence-corrected chi connectivity index (χ4v) is 3.46. The number of hydrogen-bond acceptors (Lipinski definition) is 6. The molecule has 0 aliphatic carbocycles. The molecule has 0 bridgehead atoms. The summed E-state index contributed by atoms with van der Waals surface area (Å²) in [5.41, 5.74) is 2.28. The van der Waals surface area contributed by atoms with Crippen LogP contribution in [0.5, 0.6) is 11.5 Å². The molecular formula is C21H23N3O4. The highest BCUT2D eigenvalue weighted by atomic mass is 16.5. The molecule has 0 spiro atoms. The zero-order valence-corrected chi connectivity index (χ0v) is 16.0. The Morgan fingerprint density at radius 2 is 1.93 bits per heavy atom. The second-order valence-corrected chi connectivity index (χ2v) is 6.78. The molecule has 0 unspecified atom stereocenters. The second kappa shape index (κ2) is 7.80. The molecule has 3 aromatic rings. The van der Waals surface area contributed by atoms with Crippen LogP contribution in [0.3, 0.4) is 0 Å². The van der Waals surface area contributed by atoms with E-state index in [0.717, 1.165) is 37.0 Å². The number of anilines is 2. The molecule has 1 fully saturated rings. The Bertz CT molecular complexity index is 944. The number of nitrogens with one attached hydrogen (secondary N) is 1. The van der Waals surface area contributed by atoms with Gasteiger partial charge in [-0.25, -0.2) is 0 Å². The van der Waals surface area contributed by atoms with Crippen LogP contribution in [-0.4, -0.2) is 38.2 Å². The van der Waals surface area contributed by atoms with E-state index < -0.39 is 0 Å². The lowest BCUT2D eigenvalue weighted by molar-refractivity contribution is -0.120. The van der Waals surface area contributed by atoms with Crippen molar-refractivity contribution in [3.63, 3.8) is 0 Å². The molecule has 1 aliphatic heterocycles. The molecule has 1 aliphatic rings. The van der Waals surface area contributed by atoms with E-state index in [1.165, 1.54) is 0 Å². The summed E-state index contributed by atoms with van der Waals surface area (Å²) >= 11 is 0. The summed E-state index contributed by atoms with van der Waals surface area (Å²) in [6.45, 7) is 1.45. The van der Waals surface area contributed by atoms with E-state index >= 15 is 0 Å². The van der Waals surface area contributed by atoms with Crippen LogP contribution in [0.1, 0.15) is 12.8 Å². The maximum absolute atomic E-state index is 12.7. The first kappa shape index (κ1) is 18.2. The molecule has 4 rings (SSSR count). The quantitative estimate of drug-likeness (QED) is 0.726. The fraction of sp³-hybridized carbons (Fsp3) is 0.333. The average Bonchev–Trinajstić information content (AvgIpc) is 3.18. The summed E-state index contributed by atoms with van der Waals surface area (Å²) < 4.78 is 16.4. The predicted octanol–water partition coefficient (Wildman–Crippen LogP) is 3.70. The minimum absolute atomic E-state index is 0.000632. The number of oxazole rings is 1. The summed E-state index contributed by atoms with van der Waals surface area (Å²) in [5, 5.41) is 2.98. The number of carbonyl (C=O) groups excluding carboxylic acids is 1. The lowest BCUT2D eigenvalue weighted by Gasteiger charge is -2.30. The predicted molar refractivity (Wildman–Crippen MR) is 107 cm³/mol. The van der Waals surface area contributed by atoms with Crippen molar-refractivity contribution in [2.24, 2.45) is 5.92 Å². The van der Waals surface area contributed by atoms with Gasteiger partial charge in [0.1, 0.15) is 17.0 Å². The number of hydrogen-bond donors (Lipinski definition) is 1.